The van der Waals surface area contributed by atoms with E-state index in [4.69, 9.17) is 5.11 Å². The first-order chi connectivity index (χ1) is 9.13. The minimum absolute atomic E-state index is 0.0480. The van der Waals surface area contributed by atoms with Gasteiger partial charge in [0.25, 0.3) is 0 Å². The van der Waals surface area contributed by atoms with Crippen LogP contribution in [0.3, 0.4) is 0 Å². The normalized spacial score (nSPS) is 16.7. The van der Waals surface area contributed by atoms with Crippen LogP contribution in [-0.2, 0) is 22.6 Å². The molecule has 19 heavy (non-hydrogen) atoms. The quantitative estimate of drug-likeness (QED) is 0.835. The average Bonchev–Trinajstić information content (AvgIpc) is 2.55. The topological polar surface area (TPSA) is 69.6 Å². The summed E-state index contributed by atoms with van der Waals surface area (Å²) in [5, 5.41) is 11.6. The van der Waals surface area contributed by atoms with Gasteiger partial charge in [0.2, 0.25) is 5.91 Å². The van der Waals surface area contributed by atoms with E-state index >= 15 is 0 Å². The van der Waals surface area contributed by atoms with E-state index in [-0.39, 0.29) is 12.3 Å². The van der Waals surface area contributed by atoms with Gasteiger partial charge >= 0.3 is 5.97 Å². The molecule has 0 spiro atoms. The lowest BCUT2D eigenvalue weighted by Crippen LogP contribution is -2.32. The van der Waals surface area contributed by atoms with Crippen molar-refractivity contribution in [1.82, 2.24) is 10.2 Å². The molecule has 0 unspecified atom stereocenters. The predicted octanol–water partition coefficient (Wildman–Crippen LogP) is 0.636. The van der Waals surface area contributed by atoms with E-state index < -0.39 is 5.97 Å². The number of benzene rings is 1. The summed E-state index contributed by atoms with van der Waals surface area (Å²) < 4.78 is 0. The standard InChI is InChI=1S/C14H18N2O3/c17-13-10-16(7-1-6-15-13)9-12-4-2-11(3-5-12)8-14(18)19/h2-5H,1,6-10H2,(H,15,17)(H,18,19). The lowest BCUT2D eigenvalue weighted by Gasteiger charge is -2.18. The van der Waals surface area contributed by atoms with E-state index in [0.29, 0.717) is 6.54 Å². The van der Waals surface area contributed by atoms with Crippen molar-refractivity contribution >= 4 is 11.9 Å². The van der Waals surface area contributed by atoms with Gasteiger partial charge in [-0.2, -0.15) is 0 Å². The fourth-order valence-electron chi connectivity index (χ4n) is 2.20. The van der Waals surface area contributed by atoms with Gasteiger partial charge in [-0.25, -0.2) is 0 Å². The molecule has 1 aromatic carbocycles. The van der Waals surface area contributed by atoms with Crippen molar-refractivity contribution in [2.75, 3.05) is 19.6 Å². The Labute approximate surface area is 112 Å². The third-order valence-electron chi connectivity index (χ3n) is 3.13. The maximum absolute atomic E-state index is 11.4. The molecule has 0 saturated carbocycles. The summed E-state index contributed by atoms with van der Waals surface area (Å²) in [5.41, 5.74) is 1.90. The molecule has 102 valence electrons. The molecule has 0 atom stereocenters. The summed E-state index contributed by atoms with van der Waals surface area (Å²) in [6.45, 7) is 2.79. The van der Waals surface area contributed by atoms with Crippen molar-refractivity contribution in [1.29, 1.82) is 0 Å². The molecule has 0 radical (unpaired) electrons. The molecule has 2 rings (SSSR count). The van der Waals surface area contributed by atoms with Gasteiger partial charge in [0.05, 0.1) is 13.0 Å². The van der Waals surface area contributed by atoms with E-state index in [1.54, 1.807) is 0 Å². The van der Waals surface area contributed by atoms with Gasteiger partial charge in [-0.05, 0) is 17.5 Å². The molecule has 0 aromatic heterocycles. The van der Waals surface area contributed by atoms with E-state index in [0.717, 1.165) is 37.2 Å². The van der Waals surface area contributed by atoms with Crippen LogP contribution in [0.4, 0.5) is 0 Å². The van der Waals surface area contributed by atoms with Gasteiger partial charge in [-0.15, -0.1) is 0 Å². The van der Waals surface area contributed by atoms with Gasteiger partial charge < -0.3 is 10.4 Å². The fourth-order valence-corrected chi connectivity index (χ4v) is 2.20. The smallest absolute Gasteiger partial charge is 0.307 e. The van der Waals surface area contributed by atoms with Crippen molar-refractivity contribution < 1.29 is 14.7 Å². The molecule has 1 fully saturated rings. The van der Waals surface area contributed by atoms with E-state index in [1.807, 2.05) is 24.3 Å². The Hall–Kier alpha value is -1.88. The Balaban J connectivity index is 1.94. The lowest BCUT2D eigenvalue weighted by atomic mass is 10.1. The molecular formula is C14H18N2O3. The highest BCUT2D eigenvalue weighted by Crippen LogP contribution is 2.09. The second kappa shape index (κ2) is 6.33. The zero-order valence-electron chi connectivity index (χ0n) is 10.8. The first-order valence-corrected chi connectivity index (χ1v) is 6.42. The average molecular weight is 262 g/mol. The number of nitrogens with zero attached hydrogens (tertiary/aromatic N) is 1. The fraction of sp³-hybridized carbons (Fsp3) is 0.429. The van der Waals surface area contributed by atoms with E-state index in [1.165, 1.54) is 0 Å². The number of carbonyl (C=O) groups excluding carboxylic acids is 1. The van der Waals surface area contributed by atoms with E-state index in [2.05, 4.69) is 10.2 Å². The molecule has 1 amide bonds. The Bertz CT molecular complexity index is 456. The SMILES string of the molecule is O=C(O)Cc1ccc(CN2CCCNC(=O)C2)cc1. The maximum atomic E-state index is 11.4. The number of carbonyl (C=O) groups is 2. The largest absolute Gasteiger partial charge is 0.481 e. The Morgan fingerprint density at radius 3 is 2.63 bits per heavy atom. The zero-order valence-corrected chi connectivity index (χ0v) is 10.8. The van der Waals surface area contributed by atoms with Crippen LogP contribution < -0.4 is 5.32 Å². The molecule has 1 aromatic rings. The van der Waals surface area contributed by atoms with Gasteiger partial charge in [-0.3, -0.25) is 14.5 Å². The number of rotatable bonds is 4. The second-order valence-electron chi connectivity index (χ2n) is 4.80. The molecule has 2 N–H and O–H groups in total. The highest BCUT2D eigenvalue weighted by atomic mass is 16.4. The summed E-state index contributed by atoms with van der Waals surface area (Å²) in [5.74, 6) is -0.753. The van der Waals surface area contributed by atoms with Gasteiger partial charge in [-0.1, -0.05) is 24.3 Å². The molecule has 0 bridgehead atoms. The van der Waals surface area contributed by atoms with Crippen LogP contribution in [0.5, 0.6) is 0 Å². The third kappa shape index (κ3) is 4.37. The van der Waals surface area contributed by atoms with Gasteiger partial charge in [0, 0.05) is 19.6 Å². The molecule has 5 heteroatoms. The molecular weight excluding hydrogens is 244 g/mol. The Morgan fingerprint density at radius 1 is 1.26 bits per heavy atom. The minimum atomic E-state index is -0.822. The van der Waals surface area contributed by atoms with Crippen LogP contribution in [0, 0.1) is 0 Å². The first kappa shape index (κ1) is 13.5. The highest BCUT2D eigenvalue weighted by molar-refractivity contribution is 5.78. The van der Waals surface area contributed by atoms with Crippen LogP contribution in [0.1, 0.15) is 17.5 Å². The summed E-state index contributed by atoms with van der Waals surface area (Å²) in [4.78, 5) is 24.1. The summed E-state index contributed by atoms with van der Waals surface area (Å²) in [7, 11) is 0. The number of carboxylic acids is 1. The van der Waals surface area contributed by atoms with Crippen molar-refractivity contribution in [3.8, 4) is 0 Å². The van der Waals surface area contributed by atoms with E-state index in [9.17, 15) is 9.59 Å². The summed E-state index contributed by atoms with van der Waals surface area (Å²) in [6.07, 6.45) is 1.01. The predicted molar refractivity (Wildman–Crippen MR) is 70.7 cm³/mol. The number of carboxylic acid groups (broad SMARTS) is 1. The molecule has 1 aliphatic rings. The number of hydrogen-bond donors (Lipinski definition) is 2. The Kier molecular flexibility index (Phi) is 4.52. The van der Waals surface area contributed by atoms with Crippen LogP contribution in [-0.4, -0.2) is 41.5 Å². The monoisotopic (exact) mass is 262 g/mol. The molecule has 1 saturated heterocycles. The number of hydrogen-bond acceptors (Lipinski definition) is 3. The van der Waals surface area contributed by atoms with Crippen LogP contribution in [0.25, 0.3) is 0 Å². The number of aliphatic carboxylic acids is 1. The maximum Gasteiger partial charge on any atom is 0.307 e. The van der Waals surface area contributed by atoms with Crippen LogP contribution >= 0.6 is 0 Å². The van der Waals surface area contributed by atoms with Crippen molar-refractivity contribution in [2.45, 2.75) is 19.4 Å². The summed E-state index contributed by atoms with van der Waals surface area (Å²) in [6, 6.07) is 7.53. The lowest BCUT2D eigenvalue weighted by molar-refractivity contribution is -0.136. The number of amides is 1. The third-order valence-corrected chi connectivity index (χ3v) is 3.13. The molecule has 1 aliphatic heterocycles. The zero-order chi connectivity index (χ0) is 13.7. The number of nitrogens with one attached hydrogen (secondary N) is 1. The van der Waals surface area contributed by atoms with Crippen molar-refractivity contribution in [2.24, 2.45) is 0 Å². The summed E-state index contributed by atoms with van der Waals surface area (Å²) >= 11 is 0. The van der Waals surface area contributed by atoms with Crippen LogP contribution in [0.2, 0.25) is 0 Å². The van der Waals surface area contributed by atoms with Crippen molar-refractivity contribution in [3.05, 3.63) is 35.4 Å². The molecule has 1 heterocycles. The van der Waals surface area contributed by atoms with Gasteiger partial charge in [0.15, 0.2) is 0 Å². The molecule has 0 aliphatic carbocycles. The van der Waals surface area contributed by atoms with Crippen LogP contribution in [0.15, 0.2) is 24.3 Å². The Morgan fingerprint density at radius 2 is 1.95 bits per heavy atom. The second-order valence-corrected chi connectivity index (χ2v) is 4.80. The first-order valence-electron chi connectivity index (χ1n) is 6.42. The van der Waals surface area contributed by atoms with Gasteiger partial charge in [0.1, 0.15) is 0 Å². The highest BCUT2D eigenvalue weighted by Gasteiger charge is 2.14. The minimum Gasteiger partial charge on any atom is -0.481 e. The van der Waals surface area contributed by atoms with Crippen molar-refractivity contribution in [3.63, 3.8) is 0 Å². The molecule has 5 nitrogen and oxygen atoms in total.